The van der Waals surface area contributed by atoms with Gasteiger partial charge in [0, 0.05) is 0 Å². The van der Waals surface area contributed by atoms with Crippen LogP contribution in [0.15, 0.2) is 0 Å². The van der Waals surface area contributed by atoms with E-state index >= 15 is 0 Å². The van der Waals surface area contributed by atoms with E-state index in [0.29, 0.717) is 0 Å². The molecule has 12 heavy (non-hydrogen) atoms. The van der Waals surface area contributed by atoms with E-state index in [2.05, 4.69) is 12.0 Å². The van der Waals surface area contributed by atoms with Gasteiger partial charge in [0.05, 0.1) is 6.61 Å². The fourth-order valence-electron chi connectivity index (χ4n) is 0.546. The maximum atomic E-state index is 10.6. The molecule has 0 aliphatic carbocycles. The van der Waals surface area contributed by atoms with Crippen molar-refractivity contribution in [1.82, 2.24) is 0 Å². The van der Waals surface area contributed by atoms with Gasteiger partial charge in [-0.3, -0.25) is 0 Å². The lowest BCUT2D eigenvalue weighted by Crippen LogP contribution is -2.16. The molecule has 1 heterocycles. The molecule has 0 aromatic heterocycles. The van der Waals surface area contributed by atoms with Gasteiger partial charge in [0.1, 0.15) is 6.10 Å². The van der Waals surface area contributed by atoms with Crippen molar-refractivity contribution >= 4 is 20.8 Å². The van der Waals surface area contributed by atoms with Crippen LogP contribution in [-0.4, -0.2) is 29.5 Å². The van der Waals surface area contributed by atoms with E-state index in [1.807, 2.05) is 0 Å². The first-order valence-corrected chi connectivity index (χ1v) is 5.51. The first kappa shape index (κ1) is 9.86. The zero-order chi connectivity index (χ0) is 9.41. The van der Waals surface area contributed by atoms with Gasteiger partial charge in [-0.25, -0.2) is 8.37 Å². The summed E-state index contributed by atoms with van der Waals surface area (Å²) in [5.74, 6) is 0. The highest BCUT2D eigenvalue weighted by Gasteiger charge is 2.31. The normalized spacial score (nSPS) is 33.9. The molecule has 0 bridgehead atoms. The molecule has 0 aromatic carbocycles. The van der Waals surface area contributed by atoms with Crippen LogP contribution >= 0.6 is 0 Å². The van der Waals surface area contributed by atoms with Crippen molar-refractivity contribution in [2.75, 3.05) is 6.61 Å². The molecule has 1 saturated heterocycles. The van der Waals surface area contributed by atoms with Crippen molar-refractivity contribution in [3.05, 3.63) is 0 Å². The minimum Gasteiger partial charge on any atom is -0.245 e. The first-order chi connectivity index (χ1) is 5.31. The minimum absolute atomic E-state index is 0.387. The molecule has 72 valence electrons. The Morgan fingerprint density at radius 1 is 1.17 bits per heavy atom. The smallest absolute Gasteiger partial charge is 0.245 e. The van der Waals surface area contributed by atoms with E-state index in [9.17, 15) is 16.8 Å². The van der Waals surface area contributed by atoms with Gasteiger partial charge in [-0.15, -0.1) is 3.63 Å². The zero-order valence-corrected chi connectivity index (χ0v) is 7.59. The second kappa shape index (κ2) is 2.92. The van der Waals surface area contributed by atoms with Gasteiger partial charge >= 0.3 is 20.8 Å². The fraction of sp³-hybridized carbons (Fsp3) is 1.00. The molecule has 1 aliphatic rings. The van der Waals surface area contributed by atoms with Crippen molar-refractivity contribution < 1.29 is 28.8 Å². The summed E-state index contributed by atoms with van der Waals surface area (Å²) in [6.07, 6.45) is -0.882. The second-order valence-corrected chi connectivity index (χ2v) is 4.68. The van der Waals surface area contributed by atoms with Gasteiger partial charge in [-0.1, -0.05) is 0 Å². The topological polar surface area (TPSA) is 96.0 Å². The number of hydrogen-bond donors (Lipinski definition) is 0. The van der Waals surface area contributed by atoms with Gasteiger partial charge in [-0.2, -0.15) is 16.8 Å². The van der Waals surface area contributed by atoms with Gasteiger partial charge in [0.2, 0.25) is 0 Å². The highest BCUT2D eigenvalue weighted by Crippen LogP contribution is 2.13. The lowest BCUT2D eigenvalue weighted by Gasteiger charge is -2.01. The third kappa shape index (κ3) is 2.68. The SMILES string of the molecule is CC1COS(=O)(=O)OS(=O)(=O)O1. The van der Waals surface area contributed by atoms with E-state index in [-0.39, 0.29) is 6.61 Å². The van der Waals surface area contributed by atoms with E-state index in [1.54, 1.807) is 0 Å². The van der Waals surface area contributed by atoms with Crippen LogP contribution in [0.5, 0.6) is 0 Å². The van der Waals surface area contributed by atoms with Crippen molar-refractivity contribution in [2.24, 2.45) is 0 Å². The molecule has 0 amide bonds. The summed E-state index contributed by atoms with van der Waals surface area (Å²) >= 11 is 0. The summed E-state index contributed by atoms with van der Waals surface area (Å²) in [4.78, 5) is 0. The predicted molar refractivity (Wildman–Crippen MR) is 35.4 cm³/mol. The number of hydrogen-bond acceptors (Lipinski definition) is 7. The van der Waals surface area contributed by atoms with E-state index in [0.717, 1.165) is 0 Å². The van der Waals surface area contributed by atoms with Gasteiger partial charge < -0.3 is 0 Å². The van der Waals surface area contributed by atoms with E-state index in [1.165, 1.54) is 6.92 Å². The highest BCUT2D eigenvalue weighted by atomic mass is 32.3. The Hall–Kier alpha value is -0.220. The van der Waals surface area contributed by atoms with Crippen LogP contribution in [0.25, 0.3) is 0 Å². The van der Waals surface area contributed by atoms with Crippen LogP contribution < -0.4 is 0 Å². The standard InChI is InChI=1S/C3H6O7S2/c1-3-2-8-11(4,5)10-12(6,7)9-3/h3H,2H2,1H3. The van der Waals surface area contributed by atoms with Crippen LogP contribution in [0, 0.1) is 0 Å². The molecule has 1 aliphatic heterocycles. The fourth-order valence-corrected chi connectivity index (χ4v) is 2.46. The molecule has 0 N–H and O–H groups in total. The summed E-state index contributed by atoms with van der Waals surface area (Å²) in [5, 5.41) is 0. The minimum atomic E-state index is -4.49. The zero-order valence-electron chi connectivity index (χ0n) is 5.96. The van der Waals surface area contributed by atoms with Crippen LogP contribution in [0.3, 0.4) is 0 Å². The Labute approximate surface area is 69.9 Å². The highest BCUT2D eigenvalue weighted by molar-refractivity contribution is 7.95. The maximum absolute atomic E-state index is 10.6. The van der Waals surface area contributed by atoms with Crippen molar-refractivity contribution in [1.29, 1.82) is 0 Å². The molecule has 1 unspecified atom stereocenters. The first-order valence-electron chi connectivity index (χ1n) is 2.84. The monoisotopic (exact) mass is 218 g/mol. The summed E-state index contributed by atoms with van der Waals surface area (Å²) in [7, 11) is -8.96. The largest absolute Gasteiger partial charge is 0.416 e. The Morgan fingerprint density at radius 2 is 1.75 bits per heavy atom. The van der Waals surface area contributed by atoms with Gasteiger partial charge in [-0.05, 0) is 6.92 Å². The molecule has 7 nitrogen and oxygen atoms in total. The predicted octanol–water partition coefficient (Wildman–Crippen LogP) is -1.07. The molecule has 0 saturated carbocycles. The van der Waals surface area contributed by atoms with Crippen LogP contribution in [-0.2, 0) is 32.8 Å². The van der Waals surface area contributed by atoms with Crippen molar-refractivity contribution in [3.8, 4) is 0 Å². The summed E-state index contributed by atoms with van der Waals surface area (Å²) in [6, 6.07) is 0. The summed E-state index contributed by atoms with van der Waals surface area (Å²) in [5.41, 5.74) is 0. The molecule has 9 heteroatoms. The van der Waals surface area contributed by atoms with Crippen LogP contribution in [0.1, 0.15) is 6.92 Å². The molecular weight excluding hydrogens is 212 g/mol. The summed E-state index contributed by atoms with van der Waals surface area (Å²) in [6.45, 7) is 0.948. The number of rotatable bonds is 0. The Bertz CT molecular complexity index is 350. The second-order valence-electron chi connectivity index (χ2n) is 2.08. The lowest BCUT2D eigenvalue weighted by atomic mass is 10.5. The molecule has 1 rings (SSSR count). The third-order valence-corrected chi connectivity index (χ3v) is 3.22. The lowest BCUT2D eigenvalue weighted by molar-refractivity contribution is 0.161. The average molecular weight is 218 g/mol. The van der Waals surface area contributed by atoms with E-state index < -0.39 is 26.9 Å². The van der Waals surface area contributed by atoms with Gasteiger partial charge in [0.25, 0.3) is 0 Å². The van der Waals surface area contributed by atoms with Crippen LogP contribution in [0.2, 0.25) is 0 Å². The molecule has 1 atom stereocenters. The molecule has 0 radical (unpaired) electrons. The Morgan fingerprint density at radius 3 is 2.33 bits per heavy atom. The van der Waals surface area contributed by atoms with Crippen molar-refractivity contribution in [2.45, 2.75) is 13.0 Å². The molecule has 0 spiro atoms. The summed E-state index contributed by atoms with van der Waals surface area (Å²) < 4.78 is 54.1. The quantitative estimate of drug-likeness (QED) is 0.510. The van der Waals surface area contributed by atoms with Crippen LogP contribution in [0.4, 0.5) is 0 Å². The maximum Gasteiger partial charge on any atom is 0.416 e. The van der Waals surface area contributed by atoms with E-state index in [4.69, 9.17) is 0 Å². The van der Waals surface area contributed by atoms with Gasteiger partial charge in [0.15, 0.2) is 0 Å². The average Bonchev–Trinajstić information content (AvgIpc) is 1.86. The third-order valence-electron chi connectivity index (χ3n) is 0.896. The Balaban J connectivity index is 3.00. The molecular formula is C3H6O7S2. The van der Waals surface area contributed by atoms with Crippen molar-refractivity contribution in [3.63, 3.8) is 0 Å². The Kier molecular flexibility index (Phi) is 2.40. The molecule has 1 fully saturated rings. The molecule has 0 aromatic rings.